The Balaban J connectivity index is 2.40. The monoisotopic (exact) mass is 312 g/mol. The highest BCUT2D eigenvalue weighted by Crippen LogP contribution is 2.28. The smallest absolute Gasteiger partial charge is 0.147 e. The summed E-state index contributed by atoms with van der Waals surface area (Å²) in [5.74, 6) is 0.136. The summed E-state index contributed by atoms with van der Waals surface area (Å²) in [6.07, 6.45) is 1.64. The van der Waals surface area contributed by atoms with Crippen LogP contribution < -0.4 is 0 Å². The average molecular weight is 313 g/mol. The molecule has 0 aliphatic carbocycles. The topological polar surface area (TPSA) is 54.4 Å². The first-order valence-electron chi connectivity index (χ1n) is 4.48. The van der Waals surface area contributed by atoms with Crippen molar-refractivity contribution in [1.82, 2.24) is 0 Å². The fraction of sp³-hybridized carbons (Fsp3) is 0.556. The molecular weight excluding hydrogens is 300 g/mol. The zero-order valence-corrected chi connectivity index (χ0v) is 11.5. The Kier molecular flexibility index (Phi) is 4.76. The maximum atomic E-state index is 10.9. The molecule has 1 rings (SSSR count). The van der Waals surface area contributed by atoms with Gasteiger partial charge in [0.2, 0.25) is 0 Å². The number of thiophene rings is 1. The Morgan fingerprint density at radius 1 is 1.60 bits per heavy atom. The third-order valence-corrected chi connectivity index (χ3v) is 4.73. The summed E-state index contributed by atoms with van der Waals surface area (Å²) in [7, 11) is -2.91. The van der Waals surface area contributed by atoms with Crippen LogP contribution >= 0.6 is 27.3 Å². The fourth-order valence-electron chi connectivity index (χ4n) is 1.18. The first kappa shape index (κ1) is 13.2. The van der Waals surface area contributed by atoms with Crippen LogP contribution in [0.1, 0.15) is 23.8 Å². The van der Waals surface area contributed by atoms with Gasteiger partial charge in [-0.3, -0.25) is 0 Å². The number of aliphatic hydroxyl groups is 1. The van der Waals surface area contributed by atoms with E-state index in [2.05, 4.69) is 15.9 Å². The molecule has 1 N–H and O–H groups in total. The Hall–Kier alpha value is 0.0900. The molecule has 0 bridgehead atoms. The molecule has 0 spiro atoms. The van der Waals surface area contributed by atoms with Crippen molar-refractivity contribution >= 4 is 37.1 Å². The van der Waals surface area contributed by atoms with Gasteiger partial charge in [0, 0.05) is 26.7 Å². The van der Waals surface area contributed by atoms with Crippen LogP contribution in [0, 0.1) is 0 Å². The van der Waals surface area contributed by atoms with Crippen molar-refractivity contribution in [2.45, 2.75) is 18.9 Å². The highest BCUT2D eigenvalue weighted by atomic mass is 79.9. The van der Waals surface area contributed by atoms with E-state index in [4.69, 9.17) is 0 Å². The summed E-state index contributed by atoms with van der Waals surface area (Å²) in [4.78, 5) is 0.871. The van der Waals surface area contributed by atoms with Crippen molar-refractivity contribution in [3.63, 3.8) is 0 Å². The quantitative estimate of drug-likeness (QED) is 0.908. The van der Waals surface area contributed by atoms with Crippen LogP contribution in [-0.2, 0) is 9.84 Å². The largest absolute Gasteiger partial charge is 0.388 e. The summed E-state index contributed by atoms with van der Waals surface area (Å²) in [5, 5.41) is 11.6. The molecule has 1 aromatic rings. The lowest BCUT2D eigenvalue weighted by Crippen LogP contribution is -2.05. The first-order valence-corrected chi connectivity index (χ1v) is 8.21. The second kappa shape index (κ2) is 5.43. The Morgan fingerprint density at radius 3 is 2.73 bits per heavy atom. The van der Waals surface area contributed by atoms with E-state index in [0.29, 0.717) is 12.8 Å². The molecule has 0 aromatic carbocycles. The maximum absolute atomic E-state index is 10.9. The molecule has 0 radical (unpaired) electrons. The molecule has 6 heteroatoms. The summed E-state index contributed by atoms with van der Waals surface area (Å²) in [5.41, 5.74) is 0. The van der Waals surface area contributed by atoms with E-state index in [1.807, 2.05) is 11.4 Å². The number of aliphatic hydroxyl groups excluding tert-OH is 1. The van der Waals surface area contributed by atoms with E-state index in [9.17, 15) is 13.5 Å². The van der Waals surface area contributed by atoms with Crippen molar-refractivity contribution in [2.24, 2.45) is 0 Å². The van der Waals surface area contributed by atoms with Crippen LogP contribution in [0.5, 0.6) is 0 Å². The molecular formula is C9H13BrO3S2. The first-order chi connectivity index (χ1) is 6.88. The van der Waals surface area contributed by atoms with Gasteiger partial charge >= 0.3 is 0 Å². The minimum Gasteiger partial charge on any atom is -0.388 e. The lowest BCUT2D eigenvalue weighted by molar-refractivity contribution is 0.170. The van der Waals surface area contributed by atoms with Gasteiger partial charge in [-0.05, 0) is 34.8 Å². The van der Waals surface area contributed by atoms with Crippen LogP contribution in [0.15, 0.2) is 15.9 Å². The molecule has 0 saturated carbocycles. The second-order valence-electron chi connectivity index (χ2n) is 3.46. The molecule has 0 saturated heterocycles. The lowest BCUT2D eigenvalue weighted by atomic mass is 10.2. The van der Waals surface area contributed by atoms with Crippen molar-refractivity contribution in [3.8, 4) is 0 Å². The molecule has 0 fully saturated rings. The van der Waals surface area contributed by atoms with E-state index in [0.717, 1.165) is 9.35 Å². The number of rotatable bonds is 5. The molecule has 1 heterocycles. The van der Waals surface area contributed by atoms with Crippen LogP contribution in [0.2, 0.25) is 0 Å². The number of halogens is 1. The third-order valence-electron chi connectivity index (χ3n) is 1.91. The van der Waals surface area contributed by atoms with Gasteiger partial charge in [-0.2, -0.15) is 0 Å². The van der Waals surface area contributed by atoms with E-state index in [-0.39, 0.29) is 5.75 Å². The molecule has 0 aliphatic heterocycles. The van der Waals surface area contributed by atoms with Crippen molar-refractivity contribution in [2.75, 3.05) is 12.0 Å². The van der Waals surface area contributed by atoms with Crippen molar-refractivity contribution < 1.29 is 13.5 Å². The number of sulfone groups is 1. The van der Waals surface area contributed by atoms with E-state index < -0.39 is 15.9 Å². The van der Waals surface area contributed by atoms with E-state index >= 15 is 0 Å². The van der Waals surface area contributed by atoms with Gasteiger partial charge in [0.15, 0.2) is 0 Å². The highest BCUT2D eigenvalue weighted by molar-refractivity contribution is 9.10. The summed E-state index contributed by atoms with van der Waals surface area (Å²) >= 11 is 4.77. The molecule has 15 heavy (non-hydrogen) atoms. The molecule has 0 amide bonds. The van der Waals surface area contributed by atoms with Gasteiger partial charge in [0.25, 0.3) is 0 Å². The molecule has 3 nitrogen and oxygen atoms in total. The predicted octanol–water partition coefficient (Wildman–Crippen LogP) is 2.37. The SMILES string of the molecule is CS(=O)(=O)CCCC(O)c1cc(Br)cs1. The molecule has 1 unspecified atom stereocenters. The normalized spacial score (nSPS) is 14.1. The van der Waals surface area contributed by atoms with Crippen molar-refractivity contribution in [1.29, 1.82) is 0 Å². The lowest BCUT2D eigenvalue weighted by Gasteiger charge is -2.06. The van der Waals surface area contributed by atoms with Gasteiger partial charge in [0.05, 0.1) is 6.10 Å². The number of hydrogen-bond donors (Lipinski definition) is 1. The van der Waals surface area contributed by atoms with Gasteiger partial charge in [-0.25, -0.2) is 8.42 Å². The highest BCUT2D eigenvalue weighted by Gasteiger charge is 2.11. The third kappa shape index (κ3) is 5.10. The summed E-state index contributed by atoms with van der Waals surface area (Å²) in [6, 6.07) is 1.86. The Morgan fingerprint density at radius 2 is 2.27 bits per heavy atom. The van der Waals surface area contributed by atoms with E-state index in [1.54, 1.807) is 0 Å². The minimum atomic E-state index is -2.91. The average Bonchev–Trinajstić information content (AvgIpc) is 2.49. The summed E-state index contributed by atoms with van der Waals surface area (Å²) < 4.78 is 22.7. The van der Waals surface area contributed by atoms with E-state index in [1.165, 1.54) is 17.6 Å². The maximum Gasteiger partial charge on any atom is 0.147 e. The van der Waals surface area contributed by atoms with Crippen LogP contribution in [-0.4, -0.2) is 25.5 Å². The number of hydrogen-bond acceptors (Lipinski definition) is 4. The Labute approximate surface area is 102 Å². The van der Waals surface area contributed by atoms with Crippen molar-refractivity contribution in [3.05, 3.63) is 20.8 Å². The summed E-state index contributed by atoms with van der Waals surface area (Å²) in [6.45, 7) is 0. The standard InChI is InChI=1S/C9H13BrO3S2/c1-15(12,13)4-2-3-8(11)9-5-7(10)6-14-9/h5-6,8,11H,2-4H2,1H3. The van der Waals surface area contributed by atoms with Crippen LogP contribution in [0.3, 0.4) is 0 Å². The zero-order valence-electron chi connectivity index (χ0n) is 8.31. The molecule has 1 atom stereocenters. The fourth-order valence-corrected chi connectivity index (χ4v) is 3.34. The van der Waals surface area contributed by atoms with Gasteiger partial charge in [-0.15, -0.1) is 11.3 Å². The van der Waals surface area contributed by atoms with Gasteiger partial charge in [-0.1, -0.05) is 0 Å². The van der Waals surface area contributed by atoms with Gasteiger partial charge in [0.1, 0.15) is 9.84 Å². The van der Waals surface area contributed by atoms with Gasteiger partial charge < -0.3 is 5.11 Å². The Bertz CT molecular complexity index is 411. The van der Waals surface area contributed by atoms with Crippen LogP contribution in [0.4, 0.5) is 0 Å². The molecule has 1 aromatic heterocycles. The van der Waals surface area contributed by atoms with Crippen LogP contribution in [0.25, 0.3) is 0 Å². The molecule has 86 valence electrons. The zero-order chi connectivity index (χ0) is 11.5. The molecule has 0 aliphatic rings. The minimum absolute atomic E-state index is 0.136. The second-order valence-corrected chi connectivity index (χ2v) is 7.57. The predicted molar refractivity (Wildman–Crippen MR) is 65.9 cm³/mol.